The number of ether oxygens (including phenoxy) is 1. The first-order valence-corrected chi connectivity index (χ1v) is 9.73. The van der Waals surface area contributed by atoms with Crippen molar-refractivity contribution < 1.29 is 14.3 Å². The summed E-state index contributed by atoms with van der Waals surface area (Å²) in [6.07, 6.45) is 0.0664. The molecule has 0 unspecified atom stereocenters. The van der Waals surface area contributed by atoms with Gasteiger partial charge in [-0.3, -0.25) is 14.9 Å². The van der Waals surface area contributed by atoms with Crippen LogP contribution in [-0.2, 0) is 11.2 Å². The average molecular weight is 436 g/mol. The number of carbonyl (C=O) groups is 2. The van der Waals surface area contributed by atoms with Crippen molar-refractivity contribution in [3.63, 3.8) is 0 Å². The summed E-state index contributed by atoms with van der Waals surface area (Å²) in [4.78, 5) is 28.7. The van der Waals surface area contributed by atoms with E-state index in [-0.39, 0.29) is 18.2 Å². The number of anilines is 2. The van der Waals surface area contributed by atoms with E-state index in [0.717, 1.165) is 0 Å². The van der Waals surface area contributed by atoms with Crippen molar-refractivity contribution >= 4 is 57.2 Å². The smallest absolute Gasteiger partial charge is 0.257 e. The van der Waals surface area contributed by atoms with Gasteiger partial charge in [-0.05, 0) is 42.5 Å². The Morgan fingerprint density at radius 1 is 1.11 bits per heavy atom. The van der Waals surface area contributed by atoms with Crippen LogP contribution in [0.25, 0.3) is 0 Å². The van der Waals surface area contributed by atoms with Crippen molar-refractivity contribution in [3.05, 3.63) is 69.1 Å². The first-order chi connectivity index (χ1) is 13.4. The van der Waals surface area contributed by atoms with Crippen LogP contribution in [0.1, 0.15) is 16.1 Å². The number of hydrogen-bond donors (Lipinski definition) is 2. The van der Waals surface area contributed by atoms with E-state index < -0.39 is 0 Å². The number of carbonyl (C=O) groups excluding carboxylic acids is 2. The minimum Gasteiger partial charge on any atom is -0.495 e. The molecule has 28 heavy (non-hydrogen) atoms. The molecule has 2 aromatic carbocycles. The molecular weight excluding hydrogens is 421 g/mol. The Kier molecular flexibility index (Phi) is 6.51. The number of aromatic nitrogens is 1. The molecule has 2 N–H and O–H groups in total. The number of thiazole rings is 1. The van der Waals surface area contributed by atoms with Crippen molar-refractivity contribution in [2.45, 2.75) is 6.42 Å². The first kappa shape index (κ1) is 20.1. The second kappa shape index (κ2) is 9.05. The van der Waals surface area contributed by atoms with E-state index in [1.165, 1.54) is 18.4 Å². The van der Waals surface area contributed by atoms with E-state index in [9.17, 15) is 9.59 Å². The zero-order valence-electron chi connectivity index (χ0n) is 14.7. The number of benzene rings is 2. The molecule has 3 aromatic rings. The maximum atomic E-state index is 12.2. The van der Waals surface area contributed by atoms with Gasteiger partial charge in [0.25, 0.3) is 5.91 Å². The van der Waals surface area contributed by atoms with Crippen molar-refractivity contribution in [3.8, 4) is 5.75 Å². The second-order valence-electron chi connectivity index (χ2n) is 5.68. The number of methoxy groups -OCH3 is 1. The van der Waals surface area contributed by atoms with Gasteiger partial charge in [0, 0.05) is 21.7 Å². The van der Waals surface area contributed by atoms with Gasteiger partial charge in [-0.1, -0.05) is 23.2 Å². The van der Waals surface area contributed by atoms with E-state index in [1.54, 1.807) is 47.8 Å². The van der Waals surface area contributed by atoms with Crippen LogP contribution in [0.2, 0.25) is 10.0 Å². The maximum absolute atomic E-state index is 12.2. The molecule has 0 bridgehead atoms. The summed E-state index contributed by atoms with van der Waals surface area (Å²) in [5.74, 6) is -0.0164. The summed E-state index contributed by atoms with van der Waals surface area (Å²) in [7, 11) is 1.52. The Labute approximate surface area is 175 Å². The minimum atomic E-state index is -0.296. The van der Waals surface area contributed by atoms with Gasteiger partial charge < -0.3 is 10.1 Å². The molecule has 0 radical (unpaired) electrons. The van der Waals surface area contributed by atoms with Crippen molar-refractivity contribution in [1.82, 2.24) is 4.98 Å². The molecule has 9 heteroatoms. The van der Waals surface area contributed by atoms with E-state index in [0.29, 0.717) is 37.9 Å². The van der Waals surface area contributed by atoms with Crippen LogP contribution in [0.3, 0.4) is 0 Å². The van der Waals surface area contributed by atoms with E-state index >= 15 is 0 Å². The van der Waals surface area contributed by atoms with Gasteiger partial charge in [0.2, 0.25) is 5.91 Å². The summed E-state index contributed by atoms with van der Waals surface area (Å²) in [5, 5.41) is 8.54. The van der Waals surface area contributed by atoms with Crippen molar-refractivity contribution in [2.75, 3.05) is 17.7 Å². The number of nitrogens with one attached hydrogen (secondary N) is 2. The number of nitrogens with zero attached hydrogens (tertiary/aromatic N) is 1. The largest absolute Gasteiger partial charge is 0.495 e. The van der Waals surface area contributed by atoms with Gasteiger partial charge in [0.05, 0.1) is 24.2 Å². The highest BCUT2D eigenvalue weighted by Crippen LogP contribution is 2.27. The summed E-state index contributed by atoms with van der Waals surface area (Å²) in [6.45, 7) is 0. The molecule has 0 aliphatic heterocycles. The normalized spacial score (nSPS) is 10.4. The molecule has 1 heterocycles. The summed E-state index contributed by atoms with van der Waals surface area (Å²) in [6, 6.07) is 11.5. The molecule has 0 atom stereocenters. The lowest BCUT2D eigenvalue weighted by molar-refractivity contribution is -0.115. The Bertz CT molecular complexity index is 1010. The van der Waals surface area contributed by atoms with Crippen LogP contribution in [-0.4, -0.2) is 23.9 Å². The minimum absolute atomic E-state index is 0.0664. The van der Waals surface area contributed by atoms with E-state index in [4.69, 9.17) is 27.9 Å². The third-order valence-corrected chi connectivity index (χ3v) is 5.01. The predicted octanol–water partition coefficient (Wildman–Crippen LogP) is 4.89. The van der Waals surface area contributed by atoms with Gasteiger partial charge in [-0.25, -0.2) is 4.98 Å². The number of hydrogen-bond acceptors (Lipinski definition) is 5. The molecule has 1 aromatic heterocycles. The van der Waals surface area contributed by atoms with Gasteiger partial charge in [0.15, 0.2) is 5.13 Å². The fourth-order valence-electron chi connectivity index (χ4n) is 2.33. The fourth-order valence-corrected chi connectivity index (χ4v) is 3.42. The van der Waals surface area contributed by atoms with Crippen LogP contribution in [0.15, 0.2) is 47.8 Å². The number of amides is 2. The fraction of sp³-hybridized carbons (Fsp3) is 0.105. The SMILES string of the molecule is COc1ccc(NC(=O)Cc2csc(NC(=O)c3ccc(Cl)cc3)n2)cc1Cl. The molecule has 0 aliphatic rings. The zero-order valence-corrected chi connectivity index (χ0v) is 17.0. The van der Waals surface area contributed by atoms with Gasteiger partial charge in [-0.15, -0.1) is 11.3 Å². The topological polar surface area (TPSA) is 80.3 Å². The average Bonchev–Trinajstić information content (AvgIpc) is 3.09. The Balaban J connectivity index is 1.58. The van der Waals surface area contributed by atoms with Crippen LogP contribution in [0.4, 0.5) is 10.8 Å². The lowest BCUT2D eigenvalue weighted by Gasteiger charge is -2.07. The molecule has 3 rings (SSSR count). The molecule has 0 fully saturated rings. The molecule has 0 aliphatic carbocycles. The first-order valence-electron chi connectivity index (χ1n) is 8.09. The molecule has 0 saturated carbocycles. The Morgan fingerprint density at radius 3 is 2.54 bits per heavy atom. The highest BCUT2D eigenvalue weighted by Gasteiger charge is 2.12. The molecule has 144 valence electrons. The second-order valence-corrected chi connectivity index (χ2v) is 7.38. The Morgan fingerprint density at radius 2 is 1.86 bits per heavy atom. The standard InChI is InChI=1S/C19H15Cl2N3O3S/c1-27-16-7-6-13(8-15(16)21)22-17(25)9-14-10-28-19(23-14)24-18(26)11-2-4-12(20)5-3-11/h2-8,10H,9H2,1H3,(H,22,25)(H,23,24,26). The summed E-state index contributed by atoms with van der Waals surface area (Å²) >= 11 is 13.1. The Hall–Kier alpha value is -2.61. The van der Waals surface area contributed by atoms with Crippen LogP contribution in [0, 0.1) is 0 Å². The van der Waals surface area contributed by atoms with Crippen LogP contribution in [0.5, 0.6) is 5.75 Å². The van der Waals surface area contributed by atoms with Gasteiger partial charge in [-0.2, -0.15) is 0 Å². The van der Waals surface area contributed by atoms with Crippen LogP contribution < -0.4 is 15.4 Å². The maximum Gasteiger partial charge on any atom is 0.257 e. The molecule has 2 amide bonds. The quantitative estimate of drug-likeness (QED) is 0.577. The summed E-state index contributed by atoms with van der Waals surface area (Å²) < 4.78 is 5.08. The molecule has 6 nitrogen and oxygen atoms in total. The van der Waals surface area contributed by atoms with Crippen molar-refractivity contribution in [2.24, 2.45) is 0 Å². The zero-order chi connectivity index (χ0) is 20.1. The highest BCUT2D eigenvalue weighted by molar-refractivity contribution is 7.14. The van der Waals surface area contributed by atoms with Gasteiger partial charge >= 0.3 is 0 Å². The third kappa shape index (κ3) is 5.22. The number of halogens is 2. The van der Waals surface area contributed by atoms with E-state index in [1.807, 2.05) is 0 Å². The molecule has 0 saturated heterocycles. The predicted molar refractivity (Wildman–Crippen MR) is 112 cm³/mol. The third-order valence-electron chi connectivity index (χ3n) is 3.66. The van der Waals surface area contributed by atoms with Crippen molar-refractivity contribution in [1.29, 1.82) is 0 Å². The van der Waals surface area contributed by atoms with Crippen LogP contribution >= 0.6 is 34.5 Å². The monoisotopic (exact) mass is 435 g/mol. The number of rotatable bonds is 6. The van der Waals surface area contributed by atoms with Gasteiger partial charge in [0.1, 0.15) is 5.75 Å². The molecular formula is C19H15Cl2N3O3S. The molecule has 0 spiro atoms. The lowest BCUT2D eigenvalue weighted by atomic mass is 10.2. The summed E-state index contributed by atoms with van der Waals surface area (Å²) in [5.41, 5.74) is 1.58. The highest BCUT2D eigenvalue weighted by atomic mass is 35.5. The lowest BCUT2D eigenvalue weighted by Crippen LogP contribution is -2.15. The van der Waals surface area contributed by atoms with E-state index in [2.05, 4.69) is 15.6 Å².